The van der Waals surface area contributed by atoms with Gasteiger partial charge in [0.1, 0.15) is 0 Å². The highest BCUT2D eigenvalue weighted by Gasteiger charge is 2.40. The Morgan fingerprint density at radius 2 is 1.70 bits per heavy atom. The minimum Gasteiger partial charge on any atom is -0.469 e. The first-order valence-corrected chi connectivity index (χ1v) is 8.98. The van der Waals surface area contributed by atoms with Crippen LogP contribution >= 0.6 is 11.6 Å². The Labute approximate surface area is 164 Å². The molecule has 0 fully saturated rings. The molecule has 27 heavy (non-hydrogen) atoms. The number of hydrogen-bond donors (Lipinski definition) is 1. The molecule has 0 spiro atoms. The molecule has 3 aromatic rings. The molecule has 2 aromatic carbocycles. The van der Waals surface area contributed by atoms with Crippen molar-refractivity contribution in [3.05, 3.63) is 77.8 Å². The second-order valence-corrected chi connectivity index (χ2v) is 7.32. The molecule has 6 heteroatoms. The molecule has 0 saturated carbocycles. The minimum atomic E-state index is -0.763. The number of carbonyl (C=O) groups excluding carboxylic acids is 1. The van der Waals surface area contributed by atoms with Gasteiger partial charge in [-0.1, -0.05) is 23.7 Å². The van der Waals surface area contributed by atoms with Gasteiger partial charge in [-0.25, -0.2) is 4.98 Å². The van der Waals surface area contributed by atoms with Gasteiger partial charge in [0.05, 0.1) is 24.9 Å². The topological polar surface area (TPSA) is 56.1 Å². The summed E-state index contributed by atoms with van der Waals surface area (Å²) < 4.78 is 6.96. The van der Waals surface area contributed by atoms with Gasteiger partial charge in [-0.05, 0) is 55.8 Å². The summed E-state index contributed by atoms with van der Waals surface area (Å²) in [6, 6.07) is 15.3. The molecule has 1 N–H and O–H groups in total. The molecule has 0 aliphatic rings. The fourth-order valence-corrected chi connectivity index (χ4v) is 3.33. The third-order valence-electron chi connectivity index (χ3n) is 4.58. The quantitative estimate of drug-likeness (QED) is 0.604. The predicted molar refractivity (Wildman–Crippen MR) is 107 cm³/mol. The lowest BCUT2D eigenvalue weighted by Gasteiger charge is -2.33. The van der Waals surface area contributed by atoms with E-state index in [9.17, 15) is 4.79 Å². The van der Waals surface area contributed by atoms with Gasteiger partial charge in [0, 0.05) is 28.8 Å². The third-order valence-corrected chi connectivity index (χ3v) is 4.83. The molecule has 0 amide bonds. The first-order valence-electron chi connectivity index (χ1n) is 8.60. The lowest BCUT2D eigenvalue weighted by molar-refractivity contribution is -0.152. The number of esters is 1. The number of imidazole rings is 1. The van der Waals surface area contributed by atoms with E-state index in [0.29, 0.717) is 5.02 Å². The average molecular weight is 384 g/mol. The molecule has 0 radical (unpaired) electrons. The zero-order valence-electron chi connectivity index (χ0n) is 15.5. The second-order valence-electron chi connectivity index (χ2n) is 6.88. The highest BCUT2D eigenvalue weighted by molar-refractivity contribution is 6.30. The molecule has 5 nitrogen and oxygen atoms in total. The Morgan fingerprint density at radius 1 is 1.11 bits per heavy atom. The van der Waals surface area contributed by atoms with Crippen molar-refractivity contribution in [2.45, 2.75) is 19.9 Å². The van der Waals surface area contributed by atoms with E-state index in [0.717, 1.165) is 16.9 Å². The van der Waals surface area contributed by atoms with Gasteiger partial charge in [-0.15, -0.1) is 0 Å². The smallest absolute Gasteiger partial charge is 0.313 e. The predicted octanol–water partition coefficient (Wildman–Crippen LogP) is 5.07. The van der Waals surface area contributed by atoms with E-state index in [2.05, 4.69) is 10.3 Å². The van der Waals surface area contributed by atoms with Crippen LogP contribution in [0.4, 0.5) is 11.4 Å². The van der Waals surface area contributed by atoms with Gasteiger partial charge in [-0.3, -0.25) is 4.79 Å². The molecule has 1 aromatic heterocycles. The number of carbonyl (C=O) groups is 1. The summed E-state index contributed by atoms with van der Waals surface area (Å²) in [6.07, 6.45) is 5.28. The summed E-state index contributed by atoms with van der Waals surface area (Å²) in [5, 5.41) is 4.03. The number of nitrogens with zero attached hydrogens (tertiary/aromatic N) is 2. The highest BCUT2D eigenvalue weighted by Crippen LogP contribution is 2.38. The number of ether oxygens (including phenoxy) is 1. The van der Waals surface area contributed by atoms with E-state index < -0.39 is 5.41 Å². The van der Waals surface area contributed by atoms with Crippen LogP contribution < -0.4 is 5.32 Å². The number of methoxy groups -OCH3 is 1. The summed E-state index contributed by atoms with van der Waals surface area (Å²) in [7, 11) is 1.41. The maximum absolute atomic E-state index is 12.4. The van der Waals surface area contributed by atoms with Gasteiger partial charge in [-0.2, -0.15) is 0 Å². The Hall–Kier alpha value is -2.79. The van der Waals surface area contributed by atoms with Crippen molar-refractivity contribution < 1.29 is 9.53 Å². The molecule has 3 rings (SSSR count). The minimum absolute atomic E-state index is 0.239. The van der Waals surface area contributed by atoms with Crippen molar-refractivity contribution in [2.24, 2.45) is 5.41 Å². The fraction of sp³-hybridized carbons (Fsp3) is 0.238. The largest absolute Gasteiger partial charge is 0.469 e. The van der Waals surface area contributed by atoms with Crippen molar-refractivity contribution in [3.63, 3.8) is 0 Å². The fourth-order valence-electron chi connectivity index (χ4n) is 3.21. The average Bonchev–Trinajstić information content (AvgIpc) is 3.18. The van der Waals surface area contributed by atoms with Gasteiger partial charge in [0.2, 0.25) is 0 Å². The maximum atomic E-state index is 12.4. The monoisotopic (exact) mass is 383 g/mol. The Kier molecular flexibility index (Phi) is 5.51. The molecule has 0 aliphatic carbocycles. The molecular formula is C21H22ClN3O2. The molecule has 0 bridgehead atoms. The van der Waals surface area contributed by atoms with E-state index in [1.807, 2.05) is 73.1 Å². The van der Waals surface area contributed by atoms with E-state index >= 15 is 0 Å². The van der Waals surface area contributed by atoms with Crippen LogP contribution in [0.3, 0.4) is 0 Å². The van der Waals surface area contributed by atoms with Crippen molar-refractivity contribution in [1.29, 1.82) is 0 Å². The molecule has 0 aliphatic heterocycles. The SMILES string of the molecule is COC(=O)C(C)(C)C(c1ccc(Nc2ccc(Cl)cc2)cc1)n1ccnc1. The highest BCUT2D eigenvalue weighted by atomic mass is 35.5. The molecule has 1 atom stereocenters. The lowest BCUT2D eigenvalue weighted by atomic mass is 9.80. The summed E-state index contributed by atoms with van der Waals surface area (Å²) in [5.74, 6) is -0.274. The molecule has 0 saturated heterocycles. The molecule has 1 unspecified atom stereocenters. The van der Waals surface area contributed by atoms with Gasteiger partial charge in [0.15, 0.2) is 0 Å². The first kappa shape index (κ1) is 19.0. The van der Waals surface area contributed by atoms with E-state index in [4.69, 9.17) is 16.3 Å². The number of rotatable bonds is 6. The van der Waals surface area contributed by atoms with Crippen LogP contribution in [0.25, 0.3) is 0 Å². The summed E-state index contributed by atoms with van der Waals surface area (Å²) >= 11 is 5.93. The van der Waals surface area contributed by atoms with Crippen LogP contribution in [0.2, 0.25) is 5.02 Å². The maximum Gasteiger partial charge on any atom is 0.313 e. The van der Waals surface area contributed by atoms with Crippen molar-refractivity contribution in [2.75, 3.05) is 12.4 Å². The number of nitrogens with one attached hydrogen (secondary N) is 1. The Balaban J connectivity index is 1.89. The number of halogens is 1. The normalized spacial score (nSPS) is 12.4. The van der Waals surface area contributed by atoms with Gasteiger partial charge >= 0.3 is 5.97 Å². The summed E-state index contributed by atoms with van der Waals surface area (Å²) in [4.78, 5) is 16.5. The Morgan fingerprint density at radius 3 is 2.22 bits per heavy atom. The van der Waals surface area contributed by atoms with Gasteiger partial charge < -0.3 is 14.6 Å². The number of aromatic nitrogens is 2. The summed E-state index contributed by atoms with van der Waals surface area (Å²) in [6.45, 7) is 3.76. The number of anilines is 2. The van der Waals surface area contributed by atoms with Crippen LogP contribution in [0, 0.1) is 5.41 Å². The number of benzene rings is 2. The molecule has 1 heterocycles. The van der Waals surface area contributed by atoms with Crippen LogP contribution in [-0.4, -0.2) is 22.6 Å². The van der Waals surface area contributed by atoms with E-state index in [1.54, 1.807) is 12.5 Å². The van der Waals surface area contributed by atoms with Crippen molar-refractivity contribution in [3.8, 4) is 0 Å². The summed E-state index contributed by atoms with van der Waals surface area (Å²) in [5.41, 5.74) is 2.13. The lowest BCUT2D eigenvalue weighted by Crippen LogP contribution is -2.36. The zero-order chi connectivity index (χ0) is 19.4. The number of hydrogen-bond acceptors (Lipinski definition) is 4. The standard InChI is InChI=1S/C21H22ClN3O2/c1-21(2,20(26)27-3)19(25-13-12-23-14-25)15-4-8-17(9-5-15)24-18-10-6-16(22)7-11-18/h4-14,19,24H,1-3H3. The Bertz CT molecular complexity index is 888. The second kappa shape index (κ2) is 7.84. The van der Waals surface area contributed by atoms with Crippen molar-refractivity contribution >= 4 is 28.9 Å². The van der Waals surface area contributed by atoms with Crippen LogP contribution in [0.1, 0.15) is 25.5 Å². The van der Waals surface area contributed by atoms with E-state index in [-0.39, 0.29) is 12.0 Å². The first-order chi connectivity index (χ1) is 12.9. The van der Waals surface area contributed by atoms with Crippen molar-refractivity contribution in [1.82, 2.24) is 9.55 Å². The van der Waals surface area contributed by atoms with Gasteiger partial charge in [0.25, 0.3) is 0 Å². The molecular weight excluding hydrogens is 362 g/mol. The van der Waals surface area contributed by atoms with Crippen LogP contribution in [-0.2, 0) is 9.53 Å². The van der Waals surface area contributed by atoms with Crippen LogP contribution in [0.5, 0.6) is 0 Å². The zero-order valence-corrected chi connectivity index (χ0v) is 16.3. The third kappa shape index (κ3) is 4.14. The van der Waals surface area contributed by atoms with Crippen LogP contribution in [0.15, 0.2) is 67.3 Å². The van der Waals surface area contributed by atoms with E-state index in [1.165, 1.54) is 7.11 Å². The molecule has 140 valence electrons.